The summed E-state index contributed by atoms with van der Waals surface area (Å²) in [6.07, 6.45) is 4.04. The molecule has 0 radical (unpaired) electrons. The van der Waals surface area contributed by atoms with Gasteiger partial charge in [-0.3, -0.25) is 4.79 Å². The van der Waals surface area contributed by atoms with Crippen molar-refractivity contribution in [1.29, 1.82) is 0 Å². The lowest BCUT2D eigenvalue weighted by Crippen LogP contribution is -2.49. The lowest BCUT2D eigenvalue weighted by atomic mass is 10.1. The van der Waals surface area contributed by atoms with Crippen molar-refractivity contribution >= 4 is 17.3 Å². The van der Waals surface area contributed by atoms with Crippen molar-refractivity contribution in [1.82, 2.24) is 4.90 Å². The maximum absolute atomic E-state index is 13.8. The van der Waals surface area contributed by atoms with Crippen LogP contribution in [0.25, 0.3) is 0 Å². The molecule has 0 spiro atoms. The Morgan fingerprint density at radius 1 is 0.750 bits per heavy atom. The largest absolute Gasteiger partial charge is 0.372 e. The summed E-state index contributed by atoms with van der Waals surface area (Å²) in [4.78, 5) is 19.2. The molecule has 2 aliphatic rings. The number of carbonyl (C=O) groups is 1. The predicted molar refractivity (Wildman–Crippen MR) is 111 cm³/mol. The summed E-state index contributed by atoms with van der Waals surface area (Å²) >= 11 is 0. The number of rotatable bonds is 4. The smallest absolute Gasteiger partial charge is 0.227 e. The number of hydrogen-bond donors (Lipinski definition) is 0. The first-order valence-corrected chi connectivity index (χ1v) is 10.3. The van der Waals surface area contributed by atoms with Crippen molar-refractivity contribution in [3.63, 3.8) is 0 Å². The van der Waals surface area contributed by atoms with Crippen molar-refractivity contribution in [3.8, 4) is 0 Å². The van der Waals surface area contributed by atoms with E-state index < -0.39 is 0 Å². The molecule has 1 amide bonds. The molecule has 0 aromatic heterocycles. The molecule has 2 aromatic carbocycles. The van der Waals surface area contributed by atoms with Crippen LogP contribution in [0.2, 0.25) is 0 Å². The zero-order chi connectivity index (χ0) is 19.3. The summed E-state index contributed by atoms with van der Waals surface area (Å²) in [5.74, 6) is -0.298. The third-order valence-electron chi connectivity index (χ3n) is 5.87. The second kappa shape index (κ2) is 8.63. The maximum Gasteiger partial charge on any atom is 0.227 e. The van der Waals surface area contributed by atoms with Gasteiger partial charge in [-0.2, -0.15) is 0 Å². The highest BCUT2D eigenvalue weighted by Crippen LogP contribution is 2.24. The Kier molecular flexibility index (Phi) is 5.79. The van der Waals surface area contributed by atoms with Crippen LogP contribution < -0.4 is 9.80 Å². The fraction of sp³-hybridized carbons (Fsp3) is 0.435. The molecule has 4 nitrogen and oxygen atoms in total. The van der Waals surface area contributed by atoms with Gasteiger partial charge in [0.2, 0.25) is 5.91 Å². The third-order valence-corrected chi connectivity index (χ3v) is 5.87. The summed E-state index contributed by atoms with van der Waals surface area (Å²) in [7, 11) is 0. The van der Waals surface area contributed by atoms with Crippen LogP contribution in [-0.4, -0.2) is 50.1 Å². The first kappa shape index (κ1) is 18.8. The van der Waals surface area contributed by atoms with E-state index in [2.05, 4.69) is 34.1 Å². The van der Waals surface area contributed by atoms with Gasteiger partial charge in [-0.1, -0.05) is 18.2 Å². The van der Waals surface area contributed by atoms with Crippen LogP contribution in [0.4, 0.5) is 15.8 Å². The molecule has 0 saturated carbocycles. The van der Waals surface area contributed by atoms with Gasteiger partial charge in [-0.15, -0.1) is 0 Å². The van der Waals surface area contributed by atoms with Gasteiger partial charge in [-0.05, 0) is 55.2 Å². The molecule has 0 bridgehead atoms. The van der Waals surface area contributed by atoms with Gasteiger partial charge in [0.05, 0.1) is 6.42 Å². The van der Waals surface area contributed by atoms with Gasteiger partial charge in [0.15, 0.2) is 0 Å². The highest BCUT2D eigenvalue weighted by molar-refractivity contribution is 5.79. The number of carbonyl (C=O) groups excluding carboxylic acids is 1. The minimum Gasteiger partial charge on any atom is -0.372 e. The Hall–Kier alpha value is -2.56. The molecule has 0 atom stereocenters. The number of piperazine rings is 1. The first-order chi connectivity index (χ1) is 13.7. The van der Waals surface area contributed by atoms with E-state index >= 15 is 0 Å². The summed E-state index contributed by atoms with van der Waals surface area (Å²) < 4.78 is 13.8. The topological polar surface area (TPSA) is 26.8 Å². The molecule has 0 N–H and O–H groups in total. The SMILES string of the molecule is O=C(Cc1ccccc1F)N1CCN(c2ccc(N3CCCCC3)cc2)CC1. The summed E-state index contributed by atoms with van der Waals surface area (Å²) in [5, 5.41) is 0. The van der Waals surface area contributed by atoms with Crippen LogP contribution in [-0.2, 0) is 11.2 Å². The summed E-state index contributed by atoms with van der Waals surface area (Å²) in [6.45, 7) is 5.30. The standard InChI is InChI=1S/C23H28FN3O/c24-22-7-3-2-6-19(22)18-23(28)27-16-14-26(15-17-27)21-10-8-20(9-11-21)25-12-4-1-5-13-25/h2-3,6-11H,1,4-5,12-18H2. The van der Waals surface area contributed by atoms with E-state index in [-0.39, 0.29) is 18.1 Å². The number of halogens is 1. The molecule has 4 rings (SSSR count). The van der Waals surface area contributed by atoms with E-state index in [1.165, 1.54) is 36.7 Å². The van der Waals surface area contributed by atoms with Gasteiger partial charge in [0.25, 0.3) is 0 Å². The Labute approximate surface area is 166 Å². The van der Waals surface area contributed by atoms with E-state index in [1.807, 2.05) is 4.90 Å². The quantitative estimate of drug-likeness (QED) is 0.808. The zero-order valence-electron chi connectivity index (χ0n) is 16.3. The van der Waals surface area contributed by atoms with Crippen molar-refractivity contribution in [2.75, 3.05) is 49.1 Å². The van der Waals surface area contributed by atoms with Crippen LogP contribution in [0.5, 0.6) is 0 Å². The molecular formula is C23H28FN3O. The average Bonchev–Trinajstić information content (AvgIpc) is 2.76. The van der Waals surface area contributed by atoms with E-state index in [0.717, 1.165) is 26.2 Å². The number of piperidine rings is 1. The van der Waals surface area contributed by atoms with Crippen LogP contribution in [0, 0.1) is 5.82 Å². The predicted octanol–water partition coefficient (Wildman–Crippen LogP) is 3.71. The molecule has 5 heteroatoms. The van der Waals surface area contributed by atoms with Crippen LogP contribution in [0.15, 0.2) is 48.5 Å². The minimum absolute atomic E-state index is 0.00481. The van der Waals surface area contributed by atoms with Gasteiger partial charge in [-0.25, -0.2) is 4.39 Å². The molecule has 0 unspecified atom stereocenters. The molecule has 2 saturated heterocycles. The Bertz CT molecular complexity index is 794. The fourth-order valence-electron chi connectivity index (χ4n) is 4.16. The van der Waals surface area contributed by atoms with Gasteiger partial charge < -0.3 is 14.7 Å². The maximum atomic E-state index is 13.8. The Balaban J connectivity index is 1.31. The molecule has 28 heavy (non-hydrogen) atoms. The zero-order valence-corrected chi connectivity index (χ0v) is 16.3. The average molecular weight is 381 g/mol. The van der Waals surface area contributed by atoms with Crippen molar-refractivity contribution in [2.45, 2.75) is 25.7 Å². The second-order valence-corrected chi connectivity index (χ2v) is 7.70. The Morgan fingerprint density at radius 3 is 1.93 bits per heavy atom. The van der Waals surface area contributed by atoms with Crippen LogP contribution in [0.3, 0.4) is 0 Å². The number of anilines is 2. The first-order valence-electron chi connectivity index (χ1n) is 10.3. The lowest BCUT2D eigenvalue weighted by Gasteiger charge is -2.36. The summed E-state index contributed by atoms with van der Waals surface area (Å²) in [5.41, 5.74) is 2.99. The molecule has 2 aromatic rings. The van der Waals surface area contributed by atoms with Crippen LogP contribution in [0.1, 0.15) is 24.8 Å². The monoisotopic (exact) mass is 381 g/mol. The number of hydrogen-bond acceptors (Lipinski definition) is 3. The van der Waals surface area contributed by atoms with E-state index in [0.29, 0.717) is 18.7 Å². The molecule has 148 valence electrons. The normalized spacial score (nSPS) is 17.7. The third kappa shape index (κ3) is 4.29. The van der Waals surface area contributed by atoms with E-state index in [1.54, 1.807) is 18.2 Å². The summed E-state index contributed by atoms with van der Waals surface area (Å²) in [6, 6.07) is 15.4. The van der Waals surface area contributed by atoms with Gasteiger partial charge in [0, 0.05) is 50.6 Å². The van der Waals surface area contributed by atoms with Gasteiger partial charge in [0.1, 0.15) is 5.82 Å². The van der Waals surface area contributed by atoms with Crippen molar-refractivity contribution in [2.24, 2.45) is 0 Å². The van der Waals surface area contributed by atoms with Crippen LogP contribution >= 0.6 is 0 Å². The van der Waals surface area contributed by atoms with Crippen molar-refractivity contribution < 1.29 is 9.18 Å². The van der Waals surface area contributed by atoms with E-state index in [9.17, 15) is 9.18 Å². The molecule has 2 fully saturated rings. The van der Waals surface area contributed by atoms with E-state index in [4.69, 9.17) is 0 Å². The minimum atomic E-state index is -0.303. The second-order valence-electron chi connectivity index (χ2n) is 7.70. The highest BCUT2D eigenvalue weighted by atomic mass is 19.1. The highest BCUT2D eigenvalue weighted by Gasteiger charge is 2.22. The molecular weight excluding hydrogens is 353 g/mol. The molecule has 2 heterocycles. The molecule has 2 aliphatic heterocycles. The van der Waals surface area contributed by atoms with Crippen molar-refractivity contribution in [3.05, 3.63) is 59.9 Å². The number of nitrogens with zero attached hydrogens (tertiary/aromatic N) is 3. The number of amides is 1. The van der Waals surface area contributed by atoms with Gasteiger partial charge >= 0.3 is 0 Å². The molecule has 0 aliphatic carbocycles. The Morgan fingerprint density at radius 2 is 1.32 bits per heavy atom. The number of benzene rings is 2. The fourth-order valence-corrected chi connectivity index (χ4v) is 4.16. The lowest BCUT2D eigenvalue weighted by molar-refractivity contribution is -0.130.